The number of amides is 1. The summed E-state index contributed by atoms with van der Waals surface area (Å²) >= 11 is 6.32. The molecule has 2 aromatic rings. The number of carbonyl (C=O) groups is 1. The summed E-state index contributed by atoms with van der Waals surface area (Å²) in [4.78, 5) is 10.9. The Hall–Kier alpha value is -2.06. The Morgan fingerprint density at radius 3 is 2.43 bits per heavy atom. The van der Waals surface area contributed by atoms with Crippen molar-refractivity contribution in [2.24, 2.45) is 0 Å². The lowest BCUT2D eigenvalue weighted by Crippen LogP contribution is -2.20. The van der Waals surface area contributed by atoms with Gasteiger partial charge in [-0.3, -0.25) is 4.79 Å². The first kappa shape index (κ1) is 15.3. The molecule has 3 heteroatoms. The number of nitrogens with one attached hydrogen (secondary N) is 1. The van der Waals surface area contributed by atoms with Crippen LogP contribution in [0, 0.1) is 0 Å². The number of halogens is 1. The molecule has 0 bridgehead atoms. The maximum Gasteiger partial charge on any atom is 0.216 e. The van der Waals surface area contributed by atoms with Crippen molar-refractivity contribution in [2.45, 2.75) is 13.3 Å². The average molecular weight is 300 g/mol. The molecule has 0 aliphatic carbocycles. The van der Waals surface area contributed by atoms with E-state index in [0.29, 0.717) is 6.54 Å². The molecule has 0 aliphatic rings. The zero-order valence-corrected chi connectivity index (χ0v) is 12.7. The van der Waals surface area contributed by atoms with Crippen molar-refractivity contribution in [3.63, 3.8) is 0 Å². The number of hydrogen-bond donors (Lipinski definition) is 1. The van der Waals surface area contributed by atoms with Gasteiger partial charge in [-0.25, -0.2) is 0 Å². The Morgan fingerprint density at radius 1 is 1.10 bits per heavy atom. The van der Waals surface area contributed by atoms with Crippen molar-refractivity contribution in [3.8, 4) is 0 Å². The van der Waals surface area contributed by atoms with Gasteiger partial charge in [0.15, 0.2) is 0 Å². The highest BCUT2D eigenvalue weighted by molar-refractivity contribution is 6.32. The highest BCUT2D eigenvalue weighted by atomic mass is 35.5. The molecule has 2 aromatic carbocycles. The second-order valence-electron chi connectivity index (χ2n) is 4.74. The third-order valence-electron chi connectivity index (χ3n) is 3.12. The summed E-state index contributed by atoms with van der Waals surface area (Å²) in [6.45, 7) is 2.14. The van der Waals surface area contributed by atoms with Crippen molar-refractivity contribution in [1.29, 1.82) is 0 Å². The van der Waals surface area contributed by atoms with Crippen LogP contribution in [0.3, 0.4) is 0 Å². The summed E-state index contributed by atoms with van der Waals surface area (Å²) < 4.78 is 0. The Morgan fingerprint density at radius 2 is 1.76 bits per heavy atom. The van der Waals surface area contributed by atoms with Crippen LogP contribution in [0.25, 0.3) is 5.57 Å². The van der Waals surface area contributed by atoms with Gasteiger partial charge in [-0.15, -0.1) is 0 Å². The first-order valence-electron chi connectivity index (χ1n) is 6.93. The Kier molecular flexibility index (Phi) is 5.59. The van der Waals surface area contributed by atoms with Gasteiger partial charge in [-0.05, 0) is 23.6 Å². The lowest BCUT2D eigenvalue weighted by Gasteiger charge is -2.11. The second kappa shape index (κ2) is 7.65. The van der Waals surface area contributed by atoms with E-state index in [9.17, 15) is 4.79 Å². The number of carbonyl (C=O) groups excluding carboxylic acids is 1. The minimum Gasteiger partial charge on any atom is -0.356 e. The van der Waals surface area contributed by atoms with Crippen LogP contribution in [0.5, 0.6) is 0 Å². The fraction of sp³-hybridized carbons (Fsp3) is 0.167. The molecule has 0 fully saturated rings. The van der Waals surface area contributed by atoms with Crippen LogP contribution in [0.2, 0.25) is 5.02 Å². The quantitative estimate of drug-likeness (QED) is 0.820. The maximum atomic E-state index is 10.9. The predicted octanol–water partition coefficient (Wildman–Crippen LogP) is 4.30. The van der Waals surface area contributed by atoms with Gasteiger partial charge in [0, 0.05) is 24.1 Å². The van der Waals surface area contributed by atoms with Gasteiger partial charge >= 0.3 is 0 Å². The van der Waals surface area contributed by atoms with E-state index in [1.807, 2.05) is 42.5 Å². The summed E-state index contributed by atoms with van der Waals surface area (Å²) in [5, 5.41) is 3.53. The Balaban J connectivity index is 2.29. The van der Waals surface area contributed by atoms with Crippen LogP contribution in [0.15, 0.2) is 60.7 Å². The molecule has 2 rings (SSSR count). The molecule has 0 radical (unpaired) electrons. The van der Waals surface area contributed by atoms with Crippen LogP contribution < -0.4 is 5.32 Å². The van der Waals surface area contributed by atoms with Crippen molar-refractivity contribution in [2.75, 3.05) is 6.54 Å². The van der Waals surface area contributed by atoms with Gasteiger partial charge < -0.3 is 5.32 Å². The molecule has 0 aliphatic heterocycles. The third kappa shape index (κ3) is 4.47. The van der Waals surface area contributed by atoms with Gasteiger partial charge in [0.05, 0.1) is 0 Å². The van der Waals surface area contributed by atoms with E-state index < -0.39 is 0 Å². The first-order valence-corrected chi connectivity index (χ1v) is 7.31. The van der Waals surface area contributed by atoms with E-state index in [1.165, 1.54) is 6.92 Å². The van der Waals surface area contributed by atoms with E-state index in [2.05, 4.69) is 23.5 Å². The third-order valence-corrected chi connectivity index (χ3v) is 3.45. The zero-order chi connectivity index (χ0) is 15.1. The summed E-state index contributed by atoms with van der Waals surface area (Å²) in [6, 6.07) is 17.9. The van der Waals surface area contributed by atoms with E-state index in [-0.39, 0.29) is 5.91 Å². The van der Waals surface area contributed by atoms with E-state index in [0.717, 1.165) is 28.1 Å². The van der Waals surface area contributed by atoms with Crippen molar-refractivity contribution >= 4 is 23.1 Å². The zero-order valence-electron chi connectivity index (χ0n) is 12.0. The van der Waals surface area contributed by atoms with Crippen LogP contribution in [0.4, 0.5) is 0 Å². The molecule has 21 heavy (non-hydrogen) atoms. The minimum atomic E-state index is -0.0117. The van der Waals surface area contributed by atoms with E-state index in [4.69, 9.17) is 11.6 Å². The largest absolute Gasteiger partial charge is 0.356 e. The van der Waals surface area contributed by atoms with Gasteiger partial charge in [0.1, 0.15) is 0 Å². The Labute approximate surface area is 130 Å². The molecule has 2 nitrogen and oxygen atoms in total. The minimum absolute atomic E-state index is 0.0117. The number of benzene rings is 2. The van der Waals surface area contributed by atoms with Crippen LogP contribution >= 0.6 is 11.6 Å². The van der Waals surface area contributed by atoms with E-state index >= 15 is 0 Å². The van der Waals surface area contributed by atoms with Crippen LogP contribution in [-0.4, -0.2) is 12.5 Å². The fourth-order valence-electron chi connectivity index (χ4n) is 2.15. The molecular formula is C18H18ClNO. The van der Waals surface area contributed by atoms with E-state index in [1.54, 1.807) is 0 Å². The fourth-order valence-corrected chi connectivity index (χ4v) is 2.38. The smallest absolute Gasteiger partial charge is 0.216 e. The molecular weight excluding hydrogens is 282 g/mol. The molecule has 1 N–H and O–H groups in total. The van der Waals surface area contributed by atoms with Crippen LogP contribution in [0.1, 0.15) is 24.5 Å². The van der Waals surface area contributed by atoms with Crippen molar-refractivity contribution < 1.29 is 4.79 Å². The van der Waals surface area contributed by atoms with Gasteiger partial charge in [0.25, 0.3) is 0 Å². The van der Waals surface area contributed by atoms with Gasteiger partial charge in [-0.1, -0.05) is 66.2 Å². The molecule has 108 valence electrons. The predicted molar refractivity (Wildman–Crippen MR) is 88.3 cm³/mol. The lowest BCUT2D eigenvalue weighted by atomic mass is 9.97. The SMILES string of the molecule is CC(=O)NCC/C=C(\c1ccccc1)c1ccccc1Cl. The van der Waals surface area contributed by atoms with Crippen molar-refractivity contribution in [3.05, 3.63) is 76.8 Å². The van der Waals surface area contributed by atoms with Crippen LogP contribution in [-0.2, 0) is 4.79 Å². The highest BCUT2D eigenvalue weighted by Gasteiger charge is 2.07. The molecule has 0 heterocycles. The number of hydrogen-bond acceptors (Lipinski definition) is 1. The molecule has 0 spiro atoms. The highest BCUT2D eigenvalue weighted by Crippen LogP contribution is 2.29. The summed E-state index contributed by atoms with van der Waals surface area (Å²) in [5.74, 6) is -0.0117. The summed E-state index contributed by atoms with van der Waals surface area (Å²) in [6.07, 6.45) is 2.88. The van der Waals surface area contributed by atoms with Gasteiger partial charge in [-0.2, -0.15) is 0 Å². The number of rotatable bonds is 5. The Bertz CT molecular complexity index is 635. The van der Waals surface area contributed by atoms with Gasteiger partial charge in [0.2, 0.25) is 5.91 Å². The molecule has 0 saturated carbocycles. The second-order valence-corrected chi connectivity index (χ2v) is 5.14. The monoisotopic (exact) mass is 299 g/mol. The standard InChI is InChI=1S/C18H18ClNO/c1-14(21)20-13-7-11-16(15-8-3-2-4-9-15)17-10-5-6-12-18(17)19/h2-6,8-12H,7,13H2,1H3,(H,20,21)/b16-11+. The van der Waals surface area contributed by atoms with Crippen molar-refractivity contribution in [1.82, 2.24) is 5.32 Å². The first-order chi connectivity index (χ1) is 10.2. The lowest BCUT2D eigenvalue weighted by molar-refractivity contribution is -0.118. The maximum absolute atomic E-state index is 10.9. The molecule has 0 saturated heterocycles. The molecule has 0 unspecified atom stereocenters. The topological polar surface area (TPSA) is 29.1 Å². The molecule has 1 amide bonds. The average Bonchev–Trinajstić information content (AvgIpc) is 2.49. The molecule has 0 aromatic heterocycles. The summed E-state index contributed by atoms with van der Waals surface area (Å²) in [5.41, 5.74) is 3.22. The molecule has 0 atom stereocenters. The normalized spacial score (nSPS) is 11.2. The summed E-state index contributed by atoms with van der Waals surface area (Å²) in [7, 11) is 0.